The molecule has 0 amide bonds. The molecule has 5 atom stereocenters. The molecule has 0 bridgehead atoms. The first kappa shape index (κ1) is 51.6. The quantitative estimate of drug-likeness (QED) is 0.254. The number of carbonyl (C=O) groups is 1. The summed E-state index contributed by atoms with van der Waals surface area (Å²) in [5, 5.41) is 38.0. The summed E-state index contributed by atoms with van der Waals surface area (Å²) in [5.41, 5.74) is 0. The predicted octanol–water partition coefficient (Wildman–Crippen LogP) is -18.7. The van der Waals surface area contributed by atoms with Gasteiger partial charge in [0.1, 0.15) is 24.4 Å². The van der Waals surface area contributed by atoms with Gasteiger partial charge in [-0.05, 0) is 0 Å². The summed E-state index contributed by atoms with van der Waals surface area (Å²) in [5.74, 6) is -1.97. The van der Waals surface area contributed by atoms with E-state index in [-0.39, 0.29) is 182 Å². The van der Waals surface area contributed by atoms with Gasteiger partial charge in [-0.15, -0.1) is 0 Å². The van der Waals surface area contributed by atoms with Gasteiger partial charge in [-0.1, -0.05) is 0 Å². The van der Waals surface area contributed by atoms with E-state index in [1.807, 2.05) is 0 Å². The molecular formula is C6H18K3O15P. The van der Waals surface area contributed by atoms with Crippen LogP contribution in [-0.4, -0.2) is 79.4 Å². The van der Waals surface area contributed by atoms with Crippen LogP contribution in [0.4, 0.5) is 0 Å². The Hall–Kier alpha value is 4.13. The molecular weight excluding hydrogens is 460 g/mol. The zero-order chi connectivity index (χ0) is 13.4. The minimum atomic E-state index is -5.57. The van der Waals surface area contributed by atoms with E-state index in [4.69, 9.17) is 5.11 Å². The third kappa shape index (κ3) is 17.5. The molecule has 140 valence electrons. The first-order valence-corrected chi connectivity index (χ1v) is 5.70. The second-order valence-corrected chi connectivity index (χ2v) is 4.37. The summed E-state index contributed by atoms with van der Waals surface area (Å²) >= 11 is 0. The number of ether oxygens (including phenoxy) is 1. The van der Waals surface area contributed by atoms with E-state index < -0.39 is 44.5 Å². The van der Waals surface area contributed by atoms with Crippen molar-refractivity contribution in [3.05, 3.63) is 0 Å². The van der Waals surface area contributed by atoms with Gasteiger partial charge in [-0.3, -0.25) is 0 Å². The molecule has 1 rings (SSSR count). The van der Waals surface area contributed by atoms with Crippen LogP contribution < -0.4 is 169 Å². The number of hydrogen-bond acceptors (Lipinski definition) is 10. The van der Waals surface area contributed by atoms with Gasteiger partial charge in [0.25, 0.3) is 0 Å². The Labute approximate surface area is 268 Å². The second kappa shape index (κ2) is 22.8. The van der Waals surface area contributed by atoms with Crippen molar-refractivity contribution >= 4 is 13.8 Å². The molecule has 0 aromatic rings. The molecule has 0 radical (unpaired) electrons. The van der Waals surface area contributed by atoms with Crippen LogP contribution >= 0.6 is 7.82 Å². The van der Waals surface area contributed by atoms with Crippen molar-refractivity contribution in [3.63, 3.8) is 0 Å². The number of carbonyl (C=O) groups excluding carboxylic acids is 1. The number of carboxylic acid groups (broad SMARTS) is 1. The molecule has 25 heavy (non-hydrogen) atoms. The summed E-state index contributed by atoms with van der Waals surface area (Å²) in [6, 6.07) is 0. The maximum Gasteiger partial charge on any atom is 1.00 e. The van der Waals surface area contributed by atoms with Crippen LogP contribution in [0.5, 0.6) is 0 Å². The van der Waals surface area contributed by atoms with E-state index in [0.717, 1.165) is 0 Å². The fraction of sp³-hybridized carbons (Fsp3) is 0.833. The standard InChI is InChI=1S/C6H11O10P.3K.5H2O/c7-1-2(8)4(5(10)11)15-6(3(1)9)16-17(12,13)14;;;;;;;;/h1-4,6-9H,(H,10,11)(H2,12,13,14);;;;5*1H2/q;3*+1;;;;;/p-3. The van der Waals surface area contributed by atoms with Crippen molar-refractivity contribution < 1.29 is 230 Å². The molecule has 19 heteroatoms. The van der Waals surface area contributed by atoms with Crippen molar-refractivity contribution in [1.82, 2.24) is 0 Å². The maximum atomic E-state index is 10.5. The smallest absolute Gasteiger partial charge is 0.790 e. The molecule has 5 unspecified atom stereocenters. The molecule has 0 spiro atoms. The fourth-order valence-electron chi connectivity index (χ4n) is 1.26. The average Bonchev–Trinajstić information content (AvgIpc) is 2.16. The Morgan fingerprint density at radius 1 is 0.880 bits per heavy atom. The summed E-state index contributed by atoms with van der Waals surface area (Å²) in [6.45, 7) is 0. The van der Waals surface area contributed by atoms with E-state index in [2.05, 4.69) is 9.26 Å². The van der Waals surface area contributed by atoms with Gasteiger partial charge in [-0.2, -0.15) is 0 Å². The second-order valence-electron chi connectivity index (χ2n) is 3.27. The number of hydrogen-bond donors (Lipinski definition) is 3. The van der Waals surface area contributed by atoms with Crippen molar-refractivity contribution in [2.45, 2.75) is 30.7 Å². The van der Waals surface area contributed by atoms with E-state index in [9.17, 15) is 34.5 Å². The Bertz CT molecular complexity index is 354. The third-order valence-electron chi connectivity index (χ3n) is 2.03. The van der Waals surface area contributed by atoms with Crippen LogP contribution in [0.3, 0.4) is 0 Å². The maximum absolute atomic E-state index is 10.5. The normalized spacial score (nSPS) is 26.5. The third-order valence-corrected chi connectivity index (χ3v) is 2.50. The van der Waals surface area contributed by atoms with E-state index >= 15 is 0 Å². The largest absolute Gasteiger partial charge is 1.00 e. The monoisotopic (exact) mass is 478 g/mol. The zero-order valence-electron chi connectivity index (χ0n) is 13.5. The predicted molar refractivity (Wildman–Crippen MR) is 58.4 cm³/mol. The molecule has 1 heterocycles. The minimum absolute atomic E-state index is 0. The topological polar surface area (TPSA) is 340 Å². The Morgan fingerprint density at radius 3 is 1.52 bits per heavy atom. The number of aliphatic hydroxyl groups excluding tert-OH is 3. The van der Waals surface area contributed by atoms with Gasteiger partial charge in [0.05, 0.1) is 13.8 Å². The Kier molecular flexibility index (Phi) is 47.1. The first-order valence-electron chi connectivity index (χ1n) is 4.24. The molecule has 15 nitrogen and oxygen atoms in total. The molecule has 1 fully saturated rings. The molecule has 0 saturated carbocycles. The summed E-state index contributed by atoms with van der Waals surface area (Å²) in [7, 11) is -5.57. The van der Waals surface area contributed by atoms with Crippen LogP contribution in [-0.2, 0) is 18.6 Å². The van der Waals surface area contributed by atoms with E-state index in [0.29, 0.717) is 0 Å². The molecule has 1 aliphatic heterocycles. The van der Waals surface area contributed by atoms with Crippen LogP contribution in [0.25, 0.3) is 0 Å². The van der Waals surface area contributed by atoms with Gasteiger partial charge < -0.3 is 76.2 Å². The first-order chi connectivity index (χ1) is 7.63. The number of aliphatic carboxylic acids is 1. The van der Waals surface area contributed by atoms with Crippen molar-refractivity contribution in [2.75, 3.05) is 0 Å². The molecule has 0 aliphatic carbocycles. The molecule has 0 aromatic carbocycles. The van der Waals surface area contributed by atoms with Gasteiger partial charge >= 0.3 is 154 Å². The van der Waals surface area contributed by atoms with Gasteiger partial charge in [0.2, 0.25) is 0 Å². The van der Waals surface area contributed by atoms with Crippen molar-refractivity contribution in [1.29, 1.82) is 0 Å². The van der Waals surface area contributed by atoms with E-state index in [1.54, 1.807) is 0 Å². The Morgan fingerprint density at radius 2 is 1.24 bits per heavy atom. The molecule has 1 aliphatic rings. The van der Waals surface area contributed by atoms with Crippen LogP contribution in [0, 0.1) is 0 Å². The Balaban J connectivity index is -0.0000000602. The van der Waals surface area contributed by atoms with Crippen molar-refractivity contribution in [3.8, 4) is 0 Å². The van der Waals surface area contributed by atoms with Crippen LogP contribution in [0.15, 0.2) is 0 Å². The van der Waals surface area contributed by atoms with Crippen LogP contribution in [0.2, 0.25) is 0 Å². The number of phosphoric ester groups is 1. The number of carboxylic acids is 1. The summed E-state index contributed by atoms with van der Waals surface area (Å²) < 4.78 is 18.3. The number of rotatable bonds is 3. The van der Waals surface area contributed by atoms with E-state index in [1.165, 1.54) is 0 Å². The molecule has 0 aromatic heterocycles. The zero-order valence-corrected chi connectivity index (χ0v) is 23.8. The van der Waals surface area contributed by atoms with Crippen LogP contribution in [0.1, 0.15) is 0 Å². The van der Waals surface area contributed by atoms with Gasteiger partial charge in [-0.25, -0.2) is 0 Å². The molecule has 13 N–H and O–H groups in total. The van der Waals surface area contributed by atoms with Gasteiger partial charge in [0, 0.05) is 0 Å². The minimum Gasteiger partial charge on any atom is -0.790 e. The van der Waals surface area contributed by atoms with Gasteiger partial charge in [0.15, 0.2) is 6.29 Å². The SMILES string of the molecule is O.O.O.O.O.O=C([O-])C1OC(OP(=O)([O-])[O-])C(O)C(O)C1O.[K+].[K+].[K+]. The summed E-state index contributed by atoms with van der Waals surface area (Å²) in [4.78, 5) is 31.0. The number of aliphatic hydroxyl groups is 3. The number of phosphoric acid groups is 1. The molecule has 1 saturated heterocycles. The summed E-state index contributed by atoms with van der Waals surface area (Å²) in [6.07, 6.45) is -10.6. The fourth-order valence-corrected chi connectivity index (χ4v) is 1.69. The average molecular weight is 478 g/mol. The van der Waals surface area contributed by atoms with Crippen molar-refractivity contribution in [2.24, 2.45) is 0 Å².